The molecule has 2 atom stereocenters. The summed E-state index contributed by atoms with van der Waals surface area (Å²) in [5.41, 5.74) is 0. The third-order valence-corrected chi connectivity index (χ3v) is 10.00. The Morgan fingerprint density at radius 2 is 1.46 bits per heavy atom. The van der Waals surface area contributed by atoms with E-state index in [2.05, 4.69) is 82.8 Å². The van der Waals surface area contributed by atoms with Gasteiger partial charge in [-0.1, -0.05) is 87.5 Å². The Balaban J connectivity index is 2.52. The second-order valence-corrected chi connectivity index (χ2v) is 12.3. The molecule has 0 amide bonds. The highest BCUT2D eigenvalue weighted by molar-refractivity contribution is 6.99. The Bertz CT molecular complexity index is 637. The van der Waals surface area contributed by atoms with Gasteiger partial charge in [0.2, 0.25) is 0 Å². The van der Waals surface area contributed by atoms with Crippen LogP contribution >= 0.6 is 0 Å². The maximum atomic E-state index is 10.2. The van der Waals surface area contributed by atoms with E-state index in [1.54, 1.807) is 6.08 Å². The van der Waals surface area contributed by atoms with Gasteiger partial charge in [-0.05, 0) is 35.2 Å². The fourth-order valence-electron chi connectivity index (χ4n) is 3.71. The lowest BCUT2D eigenvalue weighted by molar-refractivity contribution is 0.0997. The summed E-state index contributed by atoms with van der Waals surface area (Å²) >= 11 is 0. The van der Waals surface area contributed by atoms with Crippen molar-refractivity contribution in [1.82, 2.24) is 0 Å². The van der Waals surface area contributed by atoms with Crippen LogP contribution in [0.2, 0.25) is 5.04 Å². The van der Waals surface area contributed by atoms with Crippen LogP contribution in [0, 0.1) is 0 Å². The van der Waals surface area contributed by atoms with Gasteiger partial charge in [-0.2, -0.15) is 0 Å². The van der Waals surface area contributed by atoms with E-state index in [4.69, 9.17) is 4.43 Å². The molecule has 0 saturated heterocycles. The first-order valence-electron chi connectivity index (χ1n) is 9.39. The summed E-state index contributed by atoms with van der Waals surface area (Å²) in [6.45, 7) is 12.6. The topological polar surface area (TPSA) is 29.5 Å². The van der Waals surface area contributed by atoms with Crippen LogP contribution in [-0.2, 0) is 4.43 Å². The van der Waals surface area contributed by atoms with Crippen LogP contribution in [0.15, 0.2) is 73.3 Å². The fourth-order valence-corrected chi connectivity index (χ4v) is 8.43. The summed E-state index contributed by atoms with van der Waals surface area (Å²) in [6, 6.07) is 21.2. The van der Waals surface area contributed by atoms with Crippen molar-refractivity contribution in [2.45, 2.75) is 57.8 Å². The second-order valence-electron chi connectivity index (χ2n) is 8.01. The number of aliphatic hydroxyl groups excluding tert-OH is 1. The smallest absolute Gasteiger partial charge is 0.261 e. The number of hydrogen-bond donors (Lipinski definition) is 1. The lowest BCUT2D eigenvalue weighted by Gasteiger charge is -2.45. The minimum Gasteiger partial charge on any atom is -0.405 e. The Hall–Kier alpha value is -1.68. The molecule has 0 aliphatic carbocycles. The van der Waals surface area contributed by atoms with Crippen molar-refractivity contribution in [2.24, 2.45) is 0 Å². The molecule has 0 radical (unpaired) electrons. The van der Waals surface area contributed by atoms with Gasteiger partial charge in [0, 0.05) is 6.10 Å². The summed E-state index contributed by atoms with van der Waals surface area (Å²) in [6.07, 6.45) is 2.50. The molecule has 0 bridgehead atoms. The van der Waals surface area contributed by atoms with E-state index in [-0.39, 0.29) is 11.1 Å². The molecule has 2 rings (SSSR count). The molecule has 0 fully saturated rings. The molecular formula is C23H32O2Si. The standard InChI is InChI=1S/C23H32O2Si/c1-6-13-20(24)18-19(2)25-26(23(3,4)5,21-14-9-7-10-15-21)22-16-11-8-12-17-22/h6-12,14-17,19-20,24H,1,13,18H2,2-5H3/t19-,20+/m0/s1. The van der Waals surface area contributed by atoms with Gasteiger partial charge >= 0.3 is 0 Å². The summed E-state index contributed by atoms with van der Waals surface area (Å²) in [5, 5.41) is 12.7. The van der Waals surface area contributed by atoms with E-state index in [0.717, 1.165) is 0 Å². The van der Waals surface area contributed by atoms with Gasteiger partial charge in [-0.15, -0.1) is 6.58 Å². The first-order chi connectivity index (χ1) is 12.3. The molecule has 0 aromatic heterocycles. The number of aliphatic hydroxyl groups is 1. The van der Waals surface area contributed by atoms with E-state index in [1.165, 1.54) is 10.4 Å². The molecule has 0 spiro atoms. The number of rotatable bonds is 8. The van der Waals surface area contributed by atoms with Crippen molar-refractivity contribution >= 4 is 18.7 Å². The highest BCUT2D eigenvalue weighted by Crippen LogP contribution is 2.37. The number of benzene rings is 2. The second kappa shape index (κ2) is 8.80. The van der Waals surface area contributed by atoms with Gasteiger partial charge in [-0.3, -0.25) is 0 Å². The maximum Gasteiger partial charge on any atom is 0.261 e. The minimum absolute atomic E-state index is 0.0451. The quantitative estimate of drug-likeness (QED) is 0.557. The summed E-state index contributed by atoms with van der Waals surface area (Å²) in [4.78, 5) is 0. The van der Waals surface area contributed by atoms with E-state index < -0.39 is 14.4 Å². The van der Waals surface area contributed by atoms with Gasteiger partial charge in [0.1, 0.15) is 0 Å². The van der Waals surface area contributed by atoms with E-state index in [0.29, 0.717) is 12.8 Å². The molecule has 2 aromatic carbocycles. The van der Waals surface area contributed by atoms with Crippen LogP contribution in [0.25, 0.3) is 0 Å². The van der Waals surface area contributed by atoms with Gasteiger partial charge in [0.15, 0.2) is 0 Å². The first kappa shape index (κ1) is 20.6. The highest BCUT2D eigenvalue weighted by atomic mass is 28.4. The summed E-state index contributed by atoms with van der Waals surface area (Å²) < 4.78 is 6.94. The molecular weight excluding hydrogens is 336 g/mol. The highest BCUT2D eigenvalue weighted by Gasteiger charge is 2.51. The SMILES string of the molecule is C=CC[C@@H](O)C[C@H](C)O[Si](c1ccccc1)(c1ccccc1)C(C)(C)C. The lowest BCUT2D eigenvalue weighted by Crippen LogP contribution is -2.67. The van der Waals surface area contributed by atoms with Gasteiger partial charge in [0.25, 0.3) is 8.32 Å². The zero-order valence-corrected chi connectivity index (χ0v) is 17.5. The van der Waals surface area contributed by atoms with Gasteiger partial charge in [0.05, 0.1) is 6.10 Å². The van der Waals surface area contributed by atoms with Crippen molar-refractivity contribution < 1.29 is 9.53 Å². The maximum absolute atomic E-state index is 10.2. The molecule has 0 heterocycles. The van der Waals surface area contributed by atoms with Crippen molar-refractivity contribution in [3.63, 3.8) is 0 Å². The molecule has 3 heteroatoms. The summed E-state index contributed by atoms with van der Waals surface area (Å²) in [7, 11) is -2.54. The predicted octanol–water partition coefficient (Wildman–Crippen LogP) is 4.28. The lowest BCUT2D eigenvalue weighted by atomic mass is 10.1. The van der Waals surface area contributed by atoms with Crippen LogP contribution in [0.5, 0.6) is 0 Å². The molecule has 0 saturated carbocycles. The van der Waals surface area contributed by atoms with Crippen molar-refractivity contribution in [3.8, 4) is 0 Å². The molecule has 0 unspecified atom stereocenters. The molecule has 0 aliphatic heterocycles. The molecule has 140 valence electrons. The van der Waals surface area contributed by atoms with E-state index in [9.17, 15) is 5.11 Å². The monoisotopic (exact) mass is 368 g/mol. The summed E-state index contributed by atoms with van der Waals surface area (Å²) in [5.74, 6) is 0. The normalized spacial score (nSPS) is 14.7. The Morgan fingerprint density at radius 3 is 1.85 bits per heavy atom. The zero-order chi connectivity index (χ0) is 19.2. The van der Waals surface area contributed by atoms with E-state index in [1.807, 2.05) is 12.1 Å². The molecule has 0 aliphatic rings. The molecule has 2 nitrogen and oxygen atoms in total. The average Bonchev–Trinajstić information content (AvgIpc) is 2.60. The third-order valence-electron chi connectivity index (χ3n) is 4.84. The zero-order valence-electron chi connectivity index (χ0n) is 16.5. The Morgan fingerprint density at radius 1 is 1.00 bits per heavy atom. The fraction of sp³-hybridized carbons (Fsp3) is 0.391. The Labute approximate surface area is 159 Å². The number of hydrogen-bond acceptors (Lipinski definition) is 2. The van der Waals surface area contributed by atoms with Crippen molar-refractivity contribution in [2.75, 3.05) is 0 Å². The van der Waals surface area contributed by atoms with E-state index >= 15 is 0 Å². The third kappa shape index (κ3) is 4.53. The van der Waals surface area contributed by atoms with Crippen molar-refractivity contribution in [1.29, 1.82) is 0 Å². The molecule has 26 heavy (non-hydrogen) atoms. The molecule has 1 N–H and O–H groups in total. The van der Waals surface area contributed by atoms with Crippen LogP contribution in [0.4, 0.5) is 0 Å². The largest absolute Gasteiger partial charge is 0.405 e. The first-order valence-corrected chi connectivity index (χ1v) is 11.3. The van der Waals surface area contributed by atoms with Crippen LogP contribution in [0.3, 0.4) is 0 Å². The van der Waals surface area contributed by atoms with Crippen molar-refractivity contribution in [3.05, 3.63) is 73.3 Å². The van der Waals surface area contributed by atoms with Gasteiger partial charge < -0.3 is 9.53 Å². The minimum atomic E-state index is -2.54. The predicted molar refractivity (Wildman–Crippen MR) is 114 cm³/mol. The van der Waals surface area contributed by atoms with Gasteiger partial charge in [-0.25, -0.2) is 0 Å². The Kier molecular flexibility index (Phi) is 6.99. The average molecular weight is 369 g/mol. The van der Waals surface area contributed by atoms with Crippen LogP contribution in [0.1, 0.15) is 40.5 Å². The van der Waals surface area contributed by atoms with Crippen LogP contribution < -0.4 is 10.4 Å². The molecule has 2 aromatic rings. The van der Waals surface area contributed by atoms with Crippen LogP contribution in [-0.4, -0.2) is 25.6 Å².